The normalized spacial score (nSPS) is 35.8. The van der Waals surface area contributed by atoms with Gasteiger partial charge in [-0.1, -0.05) is 34.5 Å². The molecule has 11 heteroatoms. The molecular weight excluding hydrogens is 599 g/mol. The molecule has 1 aromatic carbocycles. The summed E-state index contributed by atoms with van der Waals surface area (Å²) in [7, 11) is 0. The van der Waals surface area contributed by atoms with Crippen molar-refractivity contribution >= 4 is 62.8 Å². The number of allylic oxidation sites excluding steroid dienone is 3. The Bertz CT molecular complexity index is 1360. The molecule has 0 radical (unpaired) electrons. The number of likely N-dealkylation sites (tertiary alicyclic amines) is 2. The first kappa shape index (κ1) is 25.9. The second-order valence-corrected chi connectivity index (χ2v) is 12.3. The van der Waals surface area contributed by atoms with Crippen LogP contribution in [0.3, 0.4) is 0 Å². The van der Waals surface area contributed by atoms with E-state index in [1.807, 2.05) is 13.0 Å². The van der Waals surface area contributed by atoms with Gasteiger partial charge in [-0.3, -0.25) is 29.0 Å². The molecule has 4 amide bonds. The van der Waals surface area contributed by atoms with Crippen LogP contribution >= 0.6 is 39.1 Å². The maximum atomic E-state index is 13.8. The van der Waals surface area contributed by atoms with Crippen molar-refractivity contribution in [3.05, 3.63) is 47.2 Å². The van der Waals surface area contributed by atoms with Crippen LogP contribution in [0.5, 0.6) is 11.5 Å². The van der Waals surface area contributed by atoms with Crippen LogP contribution in [0.15, 0.2) is 41.7 Å². The van der Waals surface area contributed by atoms with Crippen LogP contribution < -0.4 is 4.74 Å². The van der Waals surface area contributed by atoms with Crippen molar-refractivity contribution in [1.29, 1.82) is 0 Å². The van der Waals surface area contributed by atoms with Crippen molar-refractivity contribution in [2.24, 2.45) is 23.7 Å². The molecule has 200 valence electrons. The molecule has 1 N–H and O–H groups in total. The molecule has 6 unspecified atom stereocenters. The van der Waals surface area contributed by atoms with Crippen LogP contribution in [0.2, 0.25) is 0 Å². The minimum Gasteiger partial charge on any atom is -0.508 e. The number of nitrogens with zero attached hydrogens (tertiary/aromatic N) is 2. The Labute approximate surface area is 237 Å². The summed E-state index contributed by atoms with van der Waals surface area (Å²) < 4.78 is 5.89. The predicted molar refractivity (Wildman–Crippen MR) is 142 cm³/mol. The van der Waals surface area contributed by atoms with Crippen LogP contribution in [0.4, 0.5) is 0 Å². The van der Waals surface area contributed by atoms with Crippen LogP contribution in [0, 0.1) is 23.7 Å². The lowest BCUT2D eigenvalue weighted by atomic mass is 9.56. The smallest absolute Gasteiger partial charge is 0.254 e. The number of phenolic OH excluding ortho intramolecular Hbond substituents is 1. The maximum absolute atomic E-state index is 13.8. The second kappa shape index (κ2) is 8.83. The average Bonchev–Trinajstić information content (AvgIpc) is 3.22. The minimum absolute atomic E-state index is 0.0415. The first-order valence-corrected chi connectivity index (χ1v) is 14.5. The van der Waals surface area contributed by atoms with E-state index < -0.39 is 45.2 Å². The summed E-state index contributed by atoms with van der Waals surface area (Å²) in [5.74, 6) is -3.74. The molecule has 5 aliphatic rings. The standard InChI is InChI=1S/C27H25BrCl2N2O6/c1-2-7-31-22(34)17-5-4-16-18(20(17)23(31)35)10-26(29)24(36)32(12-28)25(37)27(26,30)21(16)14-8-13-9-15(33)3-6-19(13)38-11-14/h3-4,6,9,11,17-18,20-21,33H,2,5,7-8,10,12H2,1H3. The summed E-state index contributed by atoms with van der Waals surface area (Å²) in [4.78, 5) is 52.9. The van der Waals surface area contributed by atoms with E-state index in [2.05, 4.69) is 15.9 Å². The molecule has 3 aliphatic heterocycles. The minimum atomic E-state index is -1.87. The zero-order valence-corrected chi connectivity index (χ0v) is 23.6. The number of carbonyl (C=O) groups is 4. The zero-order valence-electron chi connectivity index (χ0n) is 20.5. The average molecular weight is 624 g/mol. The van der Waals surface area contributed by atoms with Gasteiger partial charge in [-0.2, -0.15) is 0 Å². The van der Waals surface area contributed by atoms with E-state index in [4.69, 9.17) is 27.9 Å². The summed E-state index contributed by atoms with van der Waals surface area (Å²) in [5, 5.41) is 10.1. The lowest BCUT2D eigenvalue weighted by Crippen LogP contribution is -2.61. The Hall–Kier alpha value is -2.36. The lowest BCUT2D eigenvalue weighted by Gasteiger charge is -2.51. The van der Waals surface area contributed by atoms with E-state index in [1.54, 1.807) is 12.1 Å². The van der Waals surface area contributed by atoms with Crippen molar-refractivity contribution in [3.8, 4) is 11.5 Å². The predicted octanol–water partition coefficient (Wildman–Crippen LogP) is 3.86. The van der Waals surface area contributed by atoms with Crippen LogP contribution in [-0.2, 0) is 25.6 Å². The molecule has 3 heterocycles. The fourth-order valence-corrected chi connectivity index (χ4v) is 8.51. The van der Waals surface area contributed by atoms with Crippen LogP contribution in [0.25, 0.3) is 0 Å². The van der Waals surface area contributed by atoms with Gasteiger partial charge in [0.2, 0.25) is 11.8 Å². The molecule has 1 aromatic rings. The zero-order chi connectivity index (χ0) is 27.1. The van der Waals surface area contributed by atoms with Gasteiger partial charge in [-0.25, -0.2) is 0 Å². The summed E-state index contributed by atoms with van der Waals surface area (Å²) in [6.45, 7) is 2.23. The molecule has 38 heavy (non-hydrogen) atoms. The molecule has 6 atom stereocenters. The first-order chi connectivity index (χ1) is 18.1. The largest absolute Gasteiger partial charge is 0.508 e. The number of amides is 4. The van der Waals surface area contributed by atoms with Gasteiger partial charge in [0.25, 0.3) is 11.8 Å². The van der Waals surface area contributed by atoms with E-state index >= 15 is 0 Å². The molecule has 8 nitrogen and oxygen atoms in total. The Morgan fingerprint density at radius 2 is 1.87 bits per heavy atom. The first-order valence-electron chi connectivity index (χ1n) is 12.6. The van der Waals surface area contributed by atoms with E-state index in [1.165, 1.54) is 17.2 Å². The number of fused-ring (bicyclic) bond motifs is 5. The number of imide groups is 2. The topological polar surface area (TPSA) is 104 Å². The molecule has 1 saturated carbocycles. The second-order valence-electron chi connectivity index (χ2n) is 10.6. The maximum Gasteiger partial charge on any atom is 0.254 e. The van der Waals surface area contributed by atoms with Gasteiger partial charge in [-0.15, -0.1) is 23.2 Å². The highest BCUT2D eigenvalue weighted by Crippen LogP contribution is 2.64. The Morgan fingerprint density at radius 1 is 1.11 bits per heavy atom. The monoisotopic (exact) mass is 622 g/mol. The SMILES string of the molecule is CCCN1C(=O)C2CC=C3C(CC4(Cl)C(=O)N(CBr)C(=O)C4(Cl)C3C3=COc4ccc(O)cc4C3)C2C1=O. The van der Waals surface area contributed by atoms with Gasteiger partial charge in [0, 0.05) is 24.4 Å². The van der Waals surface area contributed by atoms with E-state index in [0.717, 1.165) is 10.5 Å². The number of phenols is 1. The van der Waals surface area contributed by atoms with Crippen LogP contribution in [-0.4, -0.2) is 60.3 Å². The Kier molecular flexibility index (Phi) is 6.01. The molecule has 3 fully saturated rings. The molecule has 2 aliphatic carbocycles. The Morgan fingerprint density at radius 3 is 2.58 bits per heavy atom. The van der Waals surface area contributed by atoms with Crippen molar-refractivity contribution in [2.75, 3.05) is 12.0 Å². The molecule has 0 bridgehead atoms. The van der Waals surface area contributed by atoms with Crippen molar-refractivity contribution in [3.63, 3.8) is 0 Å². The summed E-state index contributed by atoms with van der Waals surface area (Å²) in [5.41, 5.74) is 1.95. The third-order valence-electron chi connectivity index (χ3n) is 8.70. The number of carbonyl (C=O) groups excluding carboxylic acids is 4. The molecular formula is C27H25BrCl2N2O6. The third-order valence-corrected chi connectivity index (χ3v) is 10.6. The van der Waals surface area contributed by atoms with Gasteiger partial charge in [0.15, 0.2) is 9.75 Å². The summed E-state index contributed by atoms with van der Waals surface area (Å²) in [6, 6.07) is 4.75. The van der Waals surface area contributed by atoms with E-state index in [9.17, 15) is 24.3 Å². The van der Waals surface area contributed by atoms with Gasteiger partial charge >= 0.3 is 0 Å². The van der Waals surface area contributed by atoms with Crippen LogP contribution in [0.1, 0.15) is 31.7 Å². The summed E-state index contributed by atoms with van der Waals surface area (Å²) >= 11 is 17.7. The highest BCUT2D eigenvalue weighted by molar-refractivity contribution is 9.09. The van der Waals surface area contributed by atoms with Gasteiger partial charge in [0.05, 0.1) is 23.6 Å². The fraction of sp³-hybridized carbons (Fsp3) is 0.481. The van der Waals surface area contributed by atoms with Gasteiger partial charge in [0.1, 0.15) is 11.5 Å². The number of benzene rings is 1. The molecule has 0 aromatic heterocycles. The number of hydrogen-bond acceptors (Lipinski definition) is 6. The molecule has 0 spiro atoms. The quantitative estimate of drug-likeness (QED) is 0.236. The number of rotatable bonds is 4. The highest BCUT2D eigenvalue weighted by atomic mass is 79.9. The van der Waals surface area contributed by atoms with Crippen molar-refractivity contribution in [2.45, 2.75) is 42.4 Å². The molecule has 2 saturated heterocycles. The number of ether oxygens (including phenoxy) is 1. The van der Waals surface area contributed by atoms with Crippen molar-refractivity contribution < 1.29 is 29.0 Å². The Balaban J connectivity index is 1.51. The number of alkyl halides is 3. The number of aromatic hydroxyl groups is 1. The fourth-order valence-electron chi connectivity index (χ4n) is 7.07. The van der Waals surface area contributed by atoms with E-state index in [0.29, 0.717) is 42.7 Å². The van der Waals surface area contributed by atoms with Gasteiger partial charge in [-0.05, 0) is 49.0 Å². The molecule has 6 rings (SSSR count). The lowest BCUT2D eigenvalue weighted by molar-refractivity contribution is -0.141. The number of halogens is 3. The highest BCUT2D eigenvalue weighted by Gasteiger charge is 2.76. The van der Waals surface area contributed by atoms with E-state index in [-0.39, 0.29) is 29.4 Å². The third kappa shape index (κ3) is 3.21. The van der Waals surface area contributed by atoms with Crippen molar-refractivity contribution in [1.82, 2.24) is 9.80 Å². The summed E-state index contributed by atoms with van der Waals surface area (Å²) in [6.07, 6.45) is 4.65. The van der Waals surface area contributed by atoms with Gasteiger partial charge < -0.3 is 9.84 Å². The number of hydrogen-bond donors (Lipinski definition) is 1.